The van der Waals surface area contributed by atoms with Crippen LogP contribution in [0, 0.1) is 5.82 Å². The number of piperidine rings is 1. The maximum atomic E-state index is 14.4. The maximum Gasteiger partial charge on any atom is 0.255 e. The molecule has 2 saturated heterocycles. The van der Waals surface area contributed by atoms with Crippen LogP contribution in [0.2, 0.25) is 5.02 Å². The summed E-state index contributed by atoms with van der Waals surface area (Å²) >= 11 is 6.16. The van der Waals surface area contributed by atoms with Crippen LogP contribution in [-0.2, 0) is 10.0 Å². The van der Waals surface area contributed by atoms with Crippen LogP contribution in [0.4, 0.5) is 15.8 Å². The molecule has 9 heteroatoms. The average molecular weight is 466 g/mol. The van der Waals surface area contributed by atoms with E-state index in [-0.39, 0.29) is 5.56 Å². The number of amides is 1. The third-order valence-electron chi connectivity index (χ3n) is 5.78. The topological polar surface area (TPSA) is 69.7 Å². The summed E-state index contributed by atoms with van der Waals surface area (Å²) in [5.41, 5.74) is 1.49. The van der Waals surface area contributed by atoms with Gasteiger partial charge in [-0.25, -0.2) is 12.8 Å². The number of hydrogen-bond donors (Lipinski definition) is 1. The molecule has 0 bridgehead atoms. The van der Waals surface area contributed by atoms with Crippen molar-refractivity contribution in [1.29, 1.82) is 0 Å². The highest BCUT2D eigenvalue weighted by atomic mass is 35.5. The minimum atomic E-state index is -3.98. The first-order valence-corrected chi connectivity index (χ1v) is 12.3. The van der Waals surface area contributed by atoms with E-state index in [1.54, 1.807) is 12.1 Å². The van der Waals surface area contributed by atoms with Crippen molar-refractivity contribution in [3.8, 4) is 0 Å². The van der Waals surface area contributed by atoms with E-state index in [9.17, 15) is 17.6 Å². The highest BCUT2D eigenvalue weighted by molar-refractivity contribution is 7.89. The molecule has 0 radical (unpaired) electrons. The zero-order valence-electron chi connectivity index (χ0n) is 17.1. The van der Waals surface area contributed by atoms with Crippen molar-refractivity contribution in [2.75, 3.05) is 36.4 Å². The molecule has 0 unspecified atom stereocenters. The lowest BCUT2D eigenvalue weighted by atomic mass is 10.1. The Morgan fingerprint density at radius 3 is 2.32 bits per heavy atom. The molecular formula is C22H25ClFN3O3S. The Kier molecular flexibility index (Phi) is 6.50. The van der Waals surface area contributed by atoms with E-state index < -0.39 is 26.6 Å². The van der Waals surface area contributed by atoms with E-state index in [1.165, 1.54) is 16.8 Å². The lowest BCUT2D eigenvalue weighted by Crippen LogP contribution is -2.30. The summed E-state index contributed by atoms with van der Waals surface area (Å²) in [6.07, 6.45) is 4.82. The Morgan fingerprint density at radius 2 is 1.61 bits per heavy atom. The molecule has 166 valence electrons. The van der Waals surface area contributed by atoms with E-state index >= 15 is 0 Å². The van der Waals surface area contributed by atoms with Crippen LogP contribution < -0.4 is 10.2 Å². The third-order valence-corrected chi connectivity index (χ3v) is 7.93. The second kappa shape index (κ2) is 9.14. The van der Waals surface area contributed by atoms with E-state index in [0.29, 0.717) is 23.8 Å². The van der Waals surface area contributed by atoms with Gasteiger partial charge in [-0.15, -0.1) is 0 Å². The highest BCUT2D eigenvalue weighted by Crippen LogP contribution is 2.32. The predicted molar refractivity (Wildman–Crippen MR) is 120 cm³/mol. The highest BCUT2D eigenvalue weighted by Gasteiger charge is 2.30. The van der Waals surface area contributed by atoms with E-state index in [2.05, 4.69) is 10.2 Å². The Bertz CT molecular complexity index is 1080. The van der Waals surface area contributed by atoms with Crippen LogP contribution in [0.15, 0.2) is 41.3 Å². The van der Waals surface area contributed by atoms with Crippen molar-refractivity contribution in [3.63, 3.8) is 0 Å². The molecule has 2 heterocycles. The molecule has 2 aromatic rings. The van der Waals surface area contributed by atoms with Gasteiger partial charge in [0.05, 0.1) is 11.4 Å². The Hall–Kier alpha value is -2.16. The van der Waals surface area contributed by atoms with Crippen molar-refractivity contribution < 1.29 is 17.6 Å². The van der Waals surface area contributed by atoms with Gasteiger partial charge in [0.15, 0.2) is 0 Å². The molecule has 6 nitrogen and oxygen atoms in total. The van der Waals surface area contributed by atoms with Crippen LogP contribution in [0.25, 0.3) is 0 Å². The molecule has 1 N–H and O–H groups in total. The van der Waals surface area contributed by atoms with Gasteiger partial charge in [-0.05, 0) is 68.5 Å². The number of halogens is 2. The molecule has 0 atom stereocenters. The predicted octanol–water partition coefficient (Wildman–Crippen LogP) is 4.51. The number of nitrogens with zero attached hydrogens (tertiary/aromatic N) is 2. The number of benzene rings is 2. The molecule has 0 aliphatic carbocycles. The van der Waals surface area contributed by atoms with Crippen LogP contribution in [0.1, 0.15) is 42.5 Å². The SMILES string of the molecule is O=C(Nc1cc(Cl)ccc1N1CCCCC1)c1ccc(F)c(S(=O)(=O)N2CCCC2)c1. The summed E-state index contributed by atoms with van der Waals surface area (Å²) < 4.78 is 41.3. The summed E-state index contributed by atoms with van der Waals surface area (Å²) in [4.78, 5) is 14.7. The molecule has 2 aliphatic heterocycles. The molecule has 2 aromatic carbocycles. The largest absolute Gasteiger partial charge is 0.370 e. The average Bonchev–Trinajstić information content (AvgIpc) is 3.30. The second-order valence-corrected chi connectivity index (χ2v) is 10.3. The Labute approximate surface area is 187 Å². The van der Waals surface area contributed by atoms with Crippen LogP contribution in [0.3, 0.4) is 0 Å². The summed E-state index contributed by atoms with van der Waals surface area (Å²) in [5, 5.41) is 3.32. The molecule has 2 fully saturated rings. The lowest BCUT2D eigenvalue weighted by Gasteiger charge is -2.30. The van der Waals surface area contributed by atoms with Crippen LogP contribution in [0.5, 0.6) is 0 Å². The monoisotopic (exact) mass is 465 g/mol. The quantitative estimate of drug-likeness (QED) is 0.705. The first kappa shape index (κ1) is 22.0. The zero-order valence-corrected chi connectivity index (χ0v) is 18.7. The molecular weight excluding hydrogens is 441 g/mol. The van der Waals surface area contributed by atoms with Gasteiger partial charge < -0.3 is 10.2 Å². The van der Waals surface area contributed by atoms with Gasteiger partial charge in [-0.2, -0.15) is 4.31 Å². The fourth-order valence-electron chi connectivity index (χ4n) is 4.12. The van der Waals surface area contributed by atoms with Crippen LogP contribution in [-0.4, -0.2) is 44.8 Å². The zero-order chi connectivity index (χ0) is 22.0. The standard InChI is InChI=1S/C22H25ClFN3O3S/c23-17-7-9-20(26-10-2-1-3-11-26)19(15-17)25-22(28)16-6-8-18(24)21(14-16)31(29,30)27-12-4-5-13-27/h6-9,14-15H,1-5,10-13H2,(H,25,28). The number of carbonyl (C=O) groups is 1. The number of carbonyl (C=O) groups excluding carboxylic acids is 1. The second-order valence-electron chi connectivity index (χ2n) is 7.92. The van der Waals surface area contributed by atoms with Gasteiger partial charge in [-0.3, -0.25) is 4.79 Å². The van der Waals surface area contributed by atoms with E-state index in [4.69, 9.17) is 11.6 Å². The van der Waals surface area contributed by atoms with Crippen molar-refractivity contribution in [2.24, 2.45) is 0 Å². The molecule has 31 heavy (non-hydrogen) atoms. The van der Waals surface area contributed by atoms with Gasteiger partial charge in [0, 0.05) is 36.8 Å². The molecule has 2 aliphatic rings. The lowest BCUT2D eigenvalue weighted by molar-refractivity contribution is 0.102. The van der Waals surface area contributed by atoms with Crippen molar-refractivity contribution in [2.45, 2.75) is 37.0 Å². The fourth-order valence-corrected chi connectivity index (χ4v) is 5.90. The Balaban J connectivity index is 1.62. The number of hydrogen-bond acceptors (Lipinski definition) is 4. The Morgan fingerprint density at radius 1 is 0.935 bits per heavy atom. The van der Waals surface area contributed by atoms with Crippen molar-refractivity contribution >= 4 is 38.9 Å². The summed E-state index contributed by atoms with van der Waals surface area (Å²) in [5.74, 6) is -1.38. The van der Waals surface area contributed by atoms with Gasteiger partial charge in [0.1, 0.15) is 10.7 Å². The van der Waals surface area contributed by atoms with Gasteiger partial charge >= 0.3 is 0 Å². The minimum Gasteiger partial charge on any atom is -0.370 e. The summed E-state index contributed by atoms with van der Waals surface area (Å²) in [6.45, 7) is 2.50. The number of anilines is 2. The van der Waals surface area contributed by atoms with E-state index in [0.717, 1.165) is 56.6 Å². The molecule has 1 amide bonds. The van der Waals surface area contributed by atoms with Gasteiger partial charge in [0.25, 0.3) is 5.91 Å². The molecule has 0 spiro atoms. The summed E-state index contributed by atoms with van der Waals surface area (Å²) in [6, 6.07) is 8.76. The normalized spacial score (nSPS) is 17.7. The first-order chi connectivity index (χ1) is 14.9. The van der Waals surface area contributed by atoms with Crippen LogP contribution >= 0.6 is 11.6 Å². The first-order valence-electron chi connectivity index (χ1n) is 10.5. The molecule has 0 saturated carbocycles. The smallest absolute Gasteiger partial charge is 0.255 e. The summed E-state index contributed by atoms with van der Waals surface area (Å²) in [7, 11) is -3.98. The number of sulfonamides is 1. The van der Waals surface area contributed by atoms with Crippen molar-refractivity contribution in [1.82, 2.24) is 4.31 Å². The molecule has 4 rings (SSSR count). The third kappa shape index (κ3) is 4.71. The maximum absolute atomic E-state index is 14.4. The van der Waals surface area contributed by atoms with Crippen molar-refractivity contribution in [3.05, 3.63) is 52.8 Å². The van der Waals surface area contributed by atoms with E-state index in [1.807, 2.05) is 6.07 Å². The number of nitrogens with one attached hydrogen (secondary N) is 1. The molecule has 0 aromatic heterocycles. The number of rotatable bonds is 5. The minimum absolute atomic E-state index is 0.0729. The van der Waals surface area contributed by atoms with Gasteiger partial charge in [0.2, 0.25) is 10.0 Å². The van der Waals surface area contributed by atoms with Gasteiger partial charge in [-0.1, -0.05) is 11.6 Å². The fraction of sp³-hybridized carbons (Fsp3) is 0.409.